The van der Waals surface area contributed by atoms with Gasteiger partial charge in [0.25, 0.3) is 0 Å². The number of hydrogen-bond acceptors (Lipinski definition) is 4. The Morgan fingerprint density at radius 3 is 2.50 bits per heavy atom. The number of sulfonamides is 1. The zero-order valence-electron chi connectivity index (χ0n) is 19.7. The number of nitrogens with zero attached hydrogens (tertiary/aromatic N) is 2. The molecule has 1 atom stereocenters. The van der Waals surface area contributed by atoms with Crippen LogP contribution in [0.15, 0.2) is 71.5 Å². The van der Waals surface area contributed by atoms with Crippen molar-refractivity contribution in [2.45, 2.75) is 39.3 Å². The van der Waals surface area contributed by atoms with Crippen molar-refractivity contribution in [3.8, 4) is 0 Å². The van der Waals surface area contributed by atoms with Crippen LogP contribution in [0.3, 0.4) is 0 Å². The van der Waals surface area contributed by atoms with Gasteiger partial charge in [0.2, 0.25) is 15.9 Å². The van der Waals surface area contributed by atoms with Crippen LogP contribution >= 0.6 is 11.3 Å². The summed E-state index contributed by atoms with van der Waals surface area (Å²) < 4.78 is 27.6. The Morgan fingerprint density at radius 1 is 1.12 bits per heavy atom. The molecule has 0 fully saturated rings. The van der Waals surface area contributed by atoms with Crippen molar-refractivity contribution < 1.29 is 13.2 Å². The predicted octanol–water partition coefficient (Wildman–Crippen LogP) is 5.24. The quantitative estimate of drug-likeness (QED) is 0.451. The van der Waals surface area contributed by atoms with Crippen LogP contribution in [0.1, 0.15) is 47.0 Å². The largest absolute Gasteiger partial charge is 0.330 e. The molecule has 0 saturated carbocycles. The van der Waals surface area contributed by atoms with Gasteiger partial charge in [0, 0.05) is 22.9 Å². The number of hydrogen-bond donors (Lipinski definition) is 0. The molecule has 178 valence electrons. The summed E-state index contributed by atoms with van der Waals surface area (Å²) in [5.74, 6) is -0.187. The second kappa shape index (κ2) is 10.3. The van der Waals surface area contributed by atoms with Crippen molar-refractivity contribution in [2.24, 2.45) is 0 Å². The molecule has 1 aliphatic heterocycles. The van der Waals surface area contributed by atoms with E-state index in [0.717, 1.165) is 28.7 Å². The Balaban J connectivity index is 1.61. The van der Waals surface area contributed by atoms with E-state index in [-0.39, 0.29) is 24.5 Å². The molecule has 7 heteroatoms. The number of thiophene rings is 1. The maximum atomic E-state index is 13.6. The van der Waals surface area contributed by atoms with Gasteiger partial charge < -0.3 is 4.90 Å². The molecule has 5 nitrogen and oxygen atoms in total. The number of carbonyl (C=O) groups is 1. The fraction of sp³-hybridized carbons (Fsp3) is 0.296. The van der Waals surface area contributed by atoms with Crippen molar-refractivity contribution in [1.29, 1.82) is 0 Å². The molecular formula is C27H30N2O3S2. The lowest BCUT2D eigenvalue weighted by Crippen LogP contribution is -2.48. The lowest BCUT2D eigenvalue weighted by Gasteiger charge is -2.38. The van der Waals surface area contributed by atoms with E-state index in [2.05, 4.69) is 35.7 Å². The Hall–Kier alpha value is -2.74. The smallest absolute Gasteiger partial charge is 0.238 e. The highest BCUT2D eigenvalue weighted by Crippen LogP contribution is 2.38. The highest BCUT2D eigenvalue weighted by molar-refractivity contribution is 7.92. The van der Waals surface area contributed by atoms with Crippen LogP contribution in [-0.2, 0) is 21.2 Å². The van der Waals surface area contributed by atoms with Crippen molar-refractivity contribution in [3.05, 3.63) is 98.6 Å². The first-order valence-corrected chi connectivity index (χ1v) is 13.8. The van der Waals surface area contributed by atoms with E-state index in [0.29, 0.717) is 6.54 Å². The van der Waals surface area contributed by atoms with Gasteiger partial charge >= 0.3 is 0 Å². The van der Waals surface area contributed by atoms with Crippen LogP contribution in [0.5, 0.6) is 0 Å². The highest BCUT2D eigenvalue weighted by Gasteiger charge is 2.35. The zero-order chi connectivity index (χ0) is 24.3. The lowest BCUT2D eigenvalue weighted by atomic mass is 9.92. The van der Waals surface area contributed by atoms with Crippen molar-refractivity contribution in [2.75, 3.05) is 13.1 Å². The van der Waals surface area contributed by atoms with Crippen LogP contribution < -0.4 is 0 Å². The van der Waals surface area contributed by atoms with Crippen molar-refractivity contribution in [1.82, 2.24) is 9.21 Å². The van der Waals surface area contributed by atoms with E-state index >= 15 is 0 Å². The minimum absolute atomic E-state index is 0.187. The summed E-state index contributed by atoms with van der Waals surface area (Å²) in [5, 5.41) is 3.26. The first-order chi connectivity index (χ1) is 16.3. The molecular weight excluding hydrogens is 464 g/mol. The van der Waals surface area contributed by atoms with Crippen LogP contribution in [0.2, 0.25) is 0 Å². The minimum Gasteiger partial charge on any atom is -0.330 e. The third-order valence-corrected chi connectivity index (χ3v) is 8.79. The summed E-state index contributed by atoms with van der Waals surface area (Å²) >= 11 is 1.71. The molecule has 1 amide bonds. The second-order valence-electron chi connectivity index (χ2n) is 8.85. The summed E-state index contributed by atoms with van der Waals surface area (Å²) in [6, 6.07) is 19.0. The van der Waals surface area contributed by atoms with E-state index in [4.69, 9.17) is 0 Å². The van der Waals surface area contributed by atoms with Gasteiger partial charge in [-0.15, -0.1) is 11.3 Å². The Morgan fingerprint density at radius 2 is 1.82 bits per heavy atom. The van der Waals surface area contributed by atoms with Crippen molar-refractivity contribution >= 4 is 33.3 Å². The second-order valence-corrected chi connectivity index (χ2v) is 11.6. The molecule has 0 radical (unpaired) electrons. The highest BCUT2D eigenvalue weighted by atomic mass is 32.2. The molecule has 34 heavy (non-hydrogen) atoms. The fourth-order valence-electron chi connectivity index (χ4n) is 4.29. The van der Waals surface area contributed by atoms with Gasteiger partial charge in [-0.1, -0.05) is 60.2 Å². The molecule has 1 aliphatic rings. The average molecular weight is 495 g/mol. The van der Waals surface area contributed by atoms with Gasteiger partial charge in [-0.3, -0.25) is 4.79 Å². The number of carbonyl (C=O) groups excluding carboxylic acids is 1. The monoisotopic (exact) mass is 494 g/mol. The topological polar surface area (TPSA) is 57.7 Å². The maximum Gasteiger partial charge on any atom is 0.238 e. The van der Waals surface area contributed by atoms with E-state index in [1.54, 1.807) is 31.3 Å². The van der Waals surface area contributed by atoms with E-state index in [1.807, 2.05) is 42.2 Å². The molecule has 0 N–H and O–H groups in total. The molecule has 2 aromatic carbocycles. The predicted molar refractivity (Wildman–Crippen MR) is 139 cm³/mol. The molecule has 0 aliphatic carbocycles. The average Bonchev–Trinajstić information content (AvgIpc) is 3.30. The van der Waals surface area contributed by atoms with Gasteiger partial charge in [-0.2, -0.15) is 4.31 Å². The van der Waals surface area contributed by atoms with Gasteiger partial charge in [-0.25, -0.2) is 8.42 Å². The summed E-state index contributed by atoms with van der Waals surface area (Å²) in [6.07, 6.45) is 2.35. The molecule has 1 unspecified atom stereocenters. The summed E-state index contributed by atoms with van der Waals surface area (Å²) in [4.78, 5) is 16.7. The Bertz CT molecular complexity index is 1260. The maximum absolute atomic E-state index is 13.6. The molecule has 0 bridgehead atoms. The number of aryl methyl sites for hydroxylation is 1. The molecule has 1 aromatic heterocycles. The van der Waals surface area contributed by atoms with Gasteiger partial charge in [0.15, 0.2) is 0 Å². The van der Waals surface area contributed by atoms with Gasteiger partial charge in [0.05, 0.1) is 12.6 Å². The van der Waals surface area contributed by atoms with E-state index < -0.39 is 10.0 Å². The minimum atomic E-state index is -3.78. The summed E-state index contributed by atoms with van der Waals surface area (Å²) in [5.41, 5.74) is 4.13. The molecule has 0 spiro atoms. The van der Waals surface area contributed by atoms with Crippen LogP contribution in [0.4, 0.5) is 0 Å². The van der Waals surface area contributed by atoms with Crippen LogP contribution in [0.25, 0.3) is 6.08 Å². The normalized spacial score (nSPS) is 16.4. The SMILES string of the molecule is Cc1ccc(C2c3ccsc3CCN2C(=O)CN(C(C)C)S(=O)(=O)/C=C/c2ccccc2)cc1. The third kappa shape index (κ3) is 5.32. The standard InChI is InChI=1S/C27H30N2O3S2/c1-20(2)29(34(31,32)18-15-22-7-5-4-6-8-22)19-26(30)28-16-13-25-24(14-17-33-25)27(28)23-11-9-21(3)10-12-23/h4-12,14-15,17-18,20,27H,13,16,19H2,1-3H3/b18-15+. The Kier molecular flexibility index (Phi) is 7.36. The summed E-state index contributed by atoms with van der Waals surface area (Å²) in [6.45, 7) is 6.01. The van der Waals surface area contributed by atoms with Crippen LogP contribution in [0, 0.1) is 6.92 Å². The number of benzene rings is 2. The number of rotatable bonds is 7. The van der Waals surface area contributed by atoms with Gasteiger partial charge in [0.1, 0.15) is 0 Å². The van der Waals surface area contributed by atoms with Crippen molar-refractivity contribution in [3.63, 3.8) is 0 Å². The molecule has 2 heterocycles. The van der Waals surface area contributed by atoms with E-state index in [1.165, 1.54) is 14.6 Å². The lowest BCUT2D eigenvalue weighted by molar-refractivity contribution is -0.133. The molecule has 3 aromatic rings. The Labute approximate surface area is 206 Å². The number of fused-ring (bicyclic) bond motifs is 1. The van der Waals surface area contributed by atoms with E-state index in [9.17, 15) is 13.2 Å². The molecule has 4 rings (SSSR count). The fourth-order valence-corrected chi connectivity index (χ4v) is 6.56. The first kappa shape index (κ1) is 24.4. The first-order valence-electron chi connectivity index (χ1n) is 11.4. The third-order valence-electron chi connectivity index (χ3n) is 6.11. The zero-order valence-corrected chi connectivity index (χ0v) is 21.4. The number of amides is 1. The summed E-state index contributed by atoms with van der Waals surface area (Å²) in [7, 11) is -3.78. The van der Waals surface area contributed by atoms with Crippen LogP contribution in [-0.4, -0.2) is 42.7 Å². The molecule has 0 saturated heterocycles. The van der Waals surface area contributed by atoms with Gasteiger partial charge in [-0.05, 0) is 61.4 Å².